The molecule has 118 valence electrons. The van der Waals surface area contributed by atoms with Gasteiger partial charge in [0.05, 0.1) is 9.43 Å². The summed E-state index contributed by atoms with van der Waals surface area (Å²) in [5.74, 6) is 0.601. The van der Waals surface area contributed by atoms with E-state index < -0.39 is 0 Å². The molecule has 0 aliphatic heterocycles. The predicted molar refractivity (Wildman–Crippen MR) is 98.0 cm³/mol. The summed E-state index contributed by atoms with van der Waals surface area (Å²) in [5.41, 5.74) is -0.216. The molecule has 0 spiro atoms. The first kappa shape index (κ1) is 18.2. The molecular formula is C14H23IN4OS. The summed E-state index contributed by atoms with van der Waals surface area (Å²) in [6.45, 7) is 6.88. The van der Waals surface area contributed by atoms with E-state index in [9.17, 15) is 4.79 Å². The van der Waals surface area contributed by atoms with Gasteiger partial charge in [0.2, 0.25) is 5.91 Å². The Morgan fingerprint density at radius 2 is 2.05 bits per heavy atom. The van der Waals surface area contributed by atoms with E-state index >= 15 is 0 Å². The Morgan fingerprint density at radius 3 is 2.57 bits per heavy atom. The van der Waals surface area contributed by atoms with Crippen molar-refractivity contribution in [3.05, 3.63) is 19.9 Å². The molecule has 0 aliphatic carbocycles. The van der Waals surface area contributed by atoms with Gasteiger partial charge in [-0.2, -0.15) is 0 Å². The maximum absolute atomic E-state index is 11.7. The van der Waals surface area contributed by atoms with Gasteiger partial charge in [0.25, 0.3) is 0 Å². The van der Waals surface area contributed by atoms with E-state index in [1.54, 1.807) is 18.4 Å². The molecule has 1 aromatic heterocycles. The minimum atomic E-state index is -0.216. The Labute approximate surface area is 144 Å². The molecule has 0 aliphatic rings. The molecule has 21 heavy (non-hydrogen) atoms. The molecule has 0 radical (unpaired) electrons. The summed E-state index contributed by atoms with van der Waals surface area (Å²) < 4.78 is 1.30. The molecule has 1 amide bonds. The topological polar surface area (TPSA) is 65.5 Å². The van der Waals surface area contributed by atoms with Crippen molar-refractivity contribution in [2.24, 2.45) is 4.99 Å². The molecule has 0 atom stereocenters. The van der Waals surface area contributed by atoms with Gasteiger partial charge in [0.15, 0.2) is 5.96 Å². The molecule has 1 aromatic rings. The van der Waals surface area contributed by atoms with E-state index in [4.69, 9.17) is 0 Å². The molecule has 0 unspecified atom stereocenters. The van der Waals surface area contributed by atoms with Gasteiger partial charge in [-0.15, -0.1) is 11.3 Å². The van der Waals surface area contributed by atoms with Crippen LogP contribution in [-0.4, -0.2) is 37.5 Å². The van der Waals surface area contributed by atoms with Gasteiger partial charge in [-0.05, 0) is 61.9 Å². The summed E-state index contributed by atoms with van der Waals surface area (Å²) in [6, 6.07) is 4.26. The van der Waals surface area contributed by atoms with Crippen molar-refractivity contribution in [3.8, 4) is 0 Å². The SMILES string of the molecule is CN=C(NCCc1ccc(I)s1)NCC(=O)NC(C)(C)C. The summed E-state index contributed by atoms with van der Waals surface area (Å²) in [7, 11) is 1.70. The minimum Gasteiger partial charge on any atom is -0.356 e. The van der Waals surface area contributed by atoms with Gasteiger partial charge >= 0.3 is 0 Å². The van der Waals surface area contributed by atoms with Gasteiger partial charge in [0, 0.05) is 24.0 Å². The van der Waals surface area contributed by atoms with E-state index in [-0.39, 0.29) is 18.0 Å². The number of halogens is 1. The highest BCUT2D eigenvalue weighted by atomic mass is 127. The highest BCUT2D eigenvalue weighted by molar-refractivity contribution is 14.1. The van der Waals surface area contributed by atoms with Crippen molar-refractivity contribution in [2.75, 3.05) is 20.1 Å². The number of carbonyl (C=O) groups excluding carboxylic acids is 1. The molecule has 0 bridgehead atoms. The van der Waals surface area contributed by atoms with Crippen molar-refractivity contribution in [2.45, 2.75) is 32.7 Å². The van der Waals surface area contributed by atoms with Crippen molar-refractivity contribution in [3.63, 3.8) is 0 Å². The second-order valence-electron chi connectivity index (χ2n) is 5.61. The third kappa shape index (κ3) is 8.25. The summed E-state index contributed by atoms with van der Waals surface area (Å²) in [6.07, 6.45) is 0.947. The average molecular weight is 422 g/mol. The average Bonchev–Trinajstić information content (AvgIpc) is 2.77. The van der Waals surface area contributed by atoms with Crippen LogP contribution < -0.4 is 16.0 Å². The quantitative estimate of drug-likeness (QED) is 0.386. The Morgan fingerprint density at radius 1 is 1.33 bits per heavy atom. The Hall–Kier alpha value is -0.830. The van der Waals surface area contributed by atoms with Crippen LogP contribution >= 0.6 is 33.9 Å². The van der Waals surface area contributed by atoms with Crippen molar-refractivity contribution in [1.82, 2.24) is 16.0 Å². The summed E-state index contributed by atoms with van der Waals surface area (Å²) in [5, 5.41) is 9.12. The van der Waals surface area contributed by atoms with Crippen LogP contribution in [0.5, 0.6) is 0 Å². The zero-order valence-corrected chi connectivity index (χ0v) is 15.9. The molecule has 0 saturated heterocycles. The number of hydrogen-bond acceptors (Lipinski definition) is 3. The zero-order valence-electron chi connectivity index (χ0n) is 12.9. The standard InChI is InChI=1S/C14H23IN4OS/c1-14(2,3)19-12(20)9-18-13(16-4)17-8-7-10-5-6-11(15)21-10/h5-6H,7-9H2,1-4H3,(H,19,20)(H2,16,17,18). The molecule has 0 aromatic carbocycles. The van der Waals surface area contributed by atoms with Crippen LogP contribution in [0, 0.1) is 2.88 Å². The van der Waals surface area contributed by atoms with E-state index in [0.29, 0.717) is 5.96 Å². The lowest BCUT2D eigenvalue weighted by atomic mass is 10.1. The van der Waals surface area contributed by atoms with Crippen LogP contribution in [0.4, 0.5) is 0 Å². The Bertz CT molecular complexity index is 493. The molecule has 3 N–H and O–H groups in total. The Balaban J connectivity index is 2.27. The van der Waals surface area contributed by atoms with E-state index in [1.165, 1.54) is 7.76 Å². The second kappa shape index (κ2) is 8.57. The third-order valence-electron chi connectivity index (χ3n) is 2.45. The molecular weight excluding hydrogens is 399 g/mol. The van der Waals surface area contributed by atoms with Crippen molar-refractivity contribution >= 4 is 45.8 Å². The number of rotatable bonds is 5. The van der Waals surface area contributed by atoms with Crippen LogP contribution in [-0.2, 0) is 11.2 Å². The molecule has 1 rings (SSSR count). The maximum Gasteiger partial charge on any atom is 0.239 e. The zero-order chi connectivity index (χ0) is 15.9. The minimum absolute atomic E-state index is 0.0433. The van der Waals surface area contributed by atoms with Crippen LogP contribution in [0.2, 0.25) is 0 Å². The van der Waals surface area contributed by atoms with E-state index in [2.05, 4.69) is 55.7 Å². The van der Waals surface area contributed by atoms with Crippen molar-refractivity contribution < 1.29 is 4.79 Å². The fourth-order valence-electron chi connectivity index (χ4n) is 1.64. The molecule has 7 heteroatoms. The number of hydrogen-bond donors (Lipinski definition) is 3. The first-order chi connectivity index (χ1) is 9.80. The number of nitrogens with one attached hydrogen (secondary N) is 3. The second-order valence-corrected chi connectivity index (χ2v) is 8.67. The number of aliphatic imine (C=N–C) groups is 1. The van der Waals surface area contributed by atoms with Crippen LogP contribution in [0.3, 0.4) is 0 Å². The number of thiophene rings is 1. The summed E-state index contributed by atoms with van der Waals surface area (Å²) in [4.78, 5) is 17.2. The summed E-state index contributed by atoms with van der Waals surface area (Å²) >= 11 is 4.12. The number of nitrogens with zero attached hydrogens (tertiary/aromatic N) is 1. The fraction of sp³-hybridized carbons (Fsp3) is 0.571. The van der Waals surface area contributed by atoms with Crippen LogP contribution in [0.15, 0.2) is 17.1 Å². The largest absolute Gasteiger partial charge is 0.356 e. The highest BCUT2D eigenvalue weighted by Gasteiger charge is 2.13. The number of amides is 1. The molecule has 0 saturated carbocycles. The maximum atomic E-state index is 11.7. The fourth-order valence-corrected chi connectivity index (χ4v) is 3.39. The predicted octanol–water partition coefficient (Wildman–Crippen LogP) is 1.97. The first-order valence-corrected chi connectivity index (χ1v) is 8.69. The van der Waals surface area contributed by atoms with Gasteiger partial charge in [-0.3, -0.25) is 9.79 Å². The normalized spacial score (nSPS) is 12.1. The lowest BCUT2D eigenvalue weighted by molar-refractivity contribution is -0.121. The smallest absolute Gasteiger partial charge is 0.239 e. The van der Waals surface area contributed by atoms with Gasteiger partial charge in [-0.1, -0.05) is 0 Å². The first-order valence-electron chi connectivity index (χ1n) is 6.80. The molecule has 5 nitrogen and oxygen atoms in total. The lowest BCUT2D eigenvalue weighted by Gasteiger charge is -2.21. The van der Waals surface area contributed by atoms with Gasteiger partial charge in [-0.25, -0.2) is 0 Å². The molecule has 1 heterocycles. The van der Waals surface area contributed by atoms with Crippen molar-refractivity contribution in [1.29, 1.82) is 0 Å². The van der Waals surface area contributed by atoms with E-state index in [1.807, 2.05) is 20.8 Å². The lowest BCUT2D eigenvalue weighted by Crippen LogP contribution is -2.48. The number of guanidine groups is 1. The monoisotopic (exact) mass is 422 g/mol. The number of carbonyl (C=O) groups is 1. The molecule has 0 fully saturated rings. The highest BCUT2D eigenvalue weighted by Crippen LogP contribution is 2.18. The van der Waals surface area contributed by atoms with E-state index in [0.717, 1.165) is 13.0 Å². The van der Waals surface area contributed by atoms with Gasteiger partial charge in [0.1, 0.15) is 0 Å². The third-order valence-corrected chi connectivity index (χ3v) is 4.40. The van der Waals surface area contributed by atoms with Gasteiger partial charge < -0.3 is 16.0 Å². The Kier molecular flexibility index (Phi) is 7.44. The van der Waals surface area contributed by atoms with Crippen LogP contribution in [0.1, 0.15) is 25.6 Å². The van der Waals surface area contributed by atoms with Crippen LogP contribution in [0.25, 0.3) is 0 Å².